The molecule has 1 fully saturated rings. The van der Waals surface area contributed by atoms with Crippen molar-refractivity contribution in [2.75, 3.05) is 20.2 Å². The van der Waals surface area contributed by atoms with Crippen LogP contribution in [0.2, 0.25) is 0 Å². The summed E-state index contributed by atoms with van der Waals surface area (Å²) in [6, 6.07) is 0. The smallest absolute Gasteiger partial charge is 0.392 e. The highest BCUT2D eigenvalue weighted by molar-refractivity contribution is 7.80. The van der Waals surface area contributed by atoms with E-state index in [0.29, 0.717) is 24.4 Å². The molecule has 1 rings (SSSR count). The summed E-state index contributed by atoms with van der Waals surface area (Å²) in [5.74, 6) is -1.07. The first-order chi connectivity index (χ1) is 12.5. The maximum atomic E-state index is 13.9. The van der Waals surface area contributed by atoms with Gasteiger partial charge in [0.05, 0.1) is 19.1 Å². The van der Waals surface area contributed by atoms with Gasteiger partial charge in [-0.05, 0) is 36.3 Å². The SMILES string of the molecule is C=C(F)C(=C(/C)C(=C)N1CCC(=S)CC1)/C(=C\CC(F)(F)F)OC.CCC. The predicted octanol–water partition coefficient (Wildman–Crippen LogP) is 6.66. The predicted molar refractivity (Wildman–Crippen MR) is 107 cm³/mol. The second-order valence-corrected chi connectivity index (χ2v) is 6.75. The maximum Gasteiger partial charge on any atom is 0.392 e. The number of hydrogen-bond donors (Lipinski definition) is 0. The third-order valence-corrected chi connectivity index (χ3v) is 4.18. The Balaban J connectivity index is 0.00000210. The summed E-state index contributed by atoms with van der Waals surface area (Å²) in [5.41, 5.74) is 0.826. The fourth-order valence-electron chi connectivity index (χ4n) is 2.43. The topological polar surface area (TPSA) is 12.5 Å². The van der Waals surface area contributed by atoms with Gasteiger partial charge in [-0.1, -0.05) is 45.6 Å². The van der Waals surface area contributed by atoms with Crippen LogP contribution >= 0.6 is 12.2 Å². The fraction of sp³-hybridized carbons (Fsp3) is 0.550. The van der Waals surface area contributed by atoms with Crippen LogP contribution in [0.3, 0.4) is 0 Å². The van der Waals surface area contributed by atoms with Crippen molar-refractivity contribution in [1.29, 1.82) is 0 Å². The van der Waals surface area contributed by atoms with E-state index < -0.39 is 18.4 Å². The zero-order valence-electron chi connectivity index (χ0n) is 16.5. The Labute approximate surface area is 165 Å². The minimum atomic E-state index is -4.40. The normalized spacial score (nSPS) is 16.2. The molecular formula is C20H29F4NOS. The Morgan fingerprint density at radius 3 is 2.07 bits per heavy atom. The average Bonchev–Trinajstić information content (AvgIpc) is 2.57. The number of likely N-dealkylation sites (tertiary alicyclic amines) is 1. The number of methoxy groups -OCH3 is 1. The van der Waals surface area contributed by atoms with Gasteiger partial charge in [-0.25, -0.2) is 4.39 Å². The van der Waals surface area contributed by atoms with E-state index in [1.807, 2.05) is 4.90 Å². The van der Waals surface area contributed by atoms with Gasteiger partial charge in [0.25, 0.3) is 0 Å². The number of halogens is 4. The van der Waals surface area contributed by atoms with Gasteiger partial charge in [-0.3, -0.25) is 0 Å². The Kier molecular flexibility index (Phi) is 11.2. The first-order valence-electron chi connectivity index (χ1n) is 8.81. The molecule has 0 unspecified atom stereocenters. The van der Waals surface area contributed by atoms with Crippen molar-refractivity contribution in [2.45, 2.75) is 52.6 Å². The summed E-state index contributed by atoms with van der Waals surface area (Å²) in [6.45, 7) is 14.3. The molecule has 0 amide bonds. The van der Waals surface area contributed by atoms with Crippen molar-refractivity contribution in [2.24, 2.45) is 0 Å². The lowest BCUT2D eigenvalue weighted by Gasteiger charge is -2.32. The highest BCUT2D eigenvalue weighted by Gasteiger charge is 2.27. The average molecular weight is 408 g/mol. The molecule has 0 spiro atoms. The molecule has 2 nitrogen and oxygen atoms in total. The zero-order valence-corrected chi connectivity index (χ0v) is 17.3. The molecule has 0 aromatic carbocycles. The van der Waals surface area contributed by atoms with Crippen molar-refractivity contribution >= 4 is 17.1 Å². The standard InChI is InChI=1S/C17H21F4NOS.C3H8/c1-11(13(3)22-9-6-14(24)7-10-22)16(12(2)18)15(23-4)5-8-17(19,20)21;1-3-2/h5H,2-3,6-10H2,1,4H3;3H2,1-2H3/b15-5+,16-11+;. The lowest BCUT2D eigenvalue weighted by Crippen LogP contribution is -2.32. The summed E-state index contributed by atoms with van der Waals surface area (Å²) in [6.07, 6.45) is -2.10. The van der Waals surface area contributed by atoms with E-state index in [1.54, 1.807) is 6.92 Å². The van der Waals surface area contributed by atoms with Gasteiger partial charge in [0.2, 0.25) is 0 Å². The van der Waals surface area contributed by atoms with Crippen molar-refractivity contribution < 1.29 is 22.3 Å². The van der Waals surface area contributed by atoms with Gasteiger partial charge in [-0.15, -0.1) is 0 Å². The van der Waals surface area contributed by atoms with Crippen molar-refractivity contribution in [3.8, 4) is 0 Å². The van der Waals surface area contributed by atoms with E-state index >= 15 is 0 Å². The number of ether oxygens (including phenoxy) is 1. The molecule has 0 atom stereocenters. The molecule has 7 heteroatoms. The quantitative estimate of drug-likeness (QED) is 0.211. The van der Waals surface area contributed by atoms with Crippen molar-refractivity contribution in [3.05, 3.63) is 47.7 Å². The third kappa shape index (κ3) is 9.22. The molecule has 0 aromatic rings. The molecule has 0 aromatic heterocycles. The minimum Gasteiger partial charge on any atom is -0.496 e. The first kappa shape index (κ1) is 25.4. The largest absolute Gasteiger partial charge is 0.496 e. The van der Waals surface area contributed by atoms with Gasteiger partial charge < -0.3 is 9.64 Å². The minimum absolute atomic E-state index is 0.0973. The summed E-state index contributed by atoms with van der Waals surface area (Å²) in [7, 11) is 1.19. The molecule has 0 radical (unpaired) electrons. The molecule has 0 N–H and O–H groups in total. The number of nitrogens with zero attached hydrogens (tertiary/aromatic N) is 1. The van der Waals surface area contributed by atoms with Crippen LogP contribution in [-0.4, -0.2) is 36.1 Å². The van der Waals surface area contributed by atoms with E-state index in [-0.39, 0.29) is 11.3 Å². The Morgan fingerprint density at radius 2 is 1.70 bits per heavy atom. The molecule has 0 aliphatic carbocycles. The monoisotopic (exact) mass is 407 g/mol. The number of hydrogen-bond acceptors (Lipinski definition) is 3. The van der Waals surface area contributed by atoms with E-state index in [4.69, 9.17) is 17.0 Å². The Morgan fingerprint density at radius 1 is 1.22 bits per heavy atom. The number of rotatable bonds is 6. The van der Waals surface area contributed by atoms with Crippen LogP contribution in [0.25, 0.3) is 0 Å². The molecule has 0 bridgehead atoms. The Hall–Kier alpha value is -1.63. The van der Waals surface area contributed by atoms with Gasteiger partial charge >= 0.3 is 6.18 Å². The lowest BCUT2D eigenvalue weighted by molar-refractivity contribution is -0.125. The maximum absolute atomic E-state index is 13.9. The summed E-state index contributed by atoms with van der Waals surface area (Å²) in [4.78, 5) is 2.91. The van der Waals surface area contributed by atoms with Crippen LogP contribution in [0.15, 0.2) is 47.7 Å². The molecule has 1 aliphatic heterocycles. The van der Waals surface area contributed by atoms with Crippen LogP contribution in [0, 0.1) is 0 Å². The number of allylic oxidation sites excluding steroid dienone is 3. The van der Waals surface area contributed by atoms with Gasteiger partial charge in [0.15, 0.2) is 0 Å². The van der Waals surface area contributed by atoms with Crippen LogP contribution in [-0.2, 0) is 4.74 Å². The molecule has 1 aliphatic rings. The second kappa shape index (κ2) is 12.0. The second-order valence-electron chi connectivity index (χ2n) is 6.18. The van der Waals surface area contributed by atoms with E-state index in [2.05, 4.69) is 27.0 Å². The molecule has 154 valence electrons. The highest BCUT2D eigenvalue weighted by atomic mass is 32.1. The summed E-state index contributed by atoms with van der Waals surface area (Å²) >= 11 is 5.16. The fourth-order valence-corrected chi connectivity index (χ4v) is 2.61. The van der Waals surface area contributed by atoms with E-state index in [0.717, 1.165) is 23.8 Å². The number of piperidine rings is 1. The van der Waals surface area contributed by atoms with Crippen LogP contribution in [0.1, 0.15) is 46.5 Å². The van der Waals surface area contributed by atoms with Gasteiger partial charge in [0, 0.05) is 18.8 Å². The molecule has 1 heterocycles. The zero-order chi connectivity index (χ0) is 21.2. The number of thiocarbonyl (C=S) groups is 1. The first-order valence-corrected chi connectivity index (χ1v) is 9.22. The van der Waals surface area contributed by atoms with Crippen LogP contribution < -0.4 is 0 Å². The molecule has 0 saturated carbocycles. The van der Waals surface area contributed by atoms with Crippen molar-refractivity contribution in [3.63, 3.8) is 0 Å². The third-order valence-electron chi connectivity index (χ3n) is 3.77. The lowest BCUT2D eigenvalue weighted by atomic mass is 10.0. The number of alkyl halides is 3. The van der Waals surface area contributed by atoms with Gasteiger partial charge in [-0.2, -0.15) is 13.2 Å². The van der Waals surface area contributed by atoms with E-state index in [9.17, 15) is 17.6 Å². The van der Waals surface area contributed by atoms with E-state index in [1.165, 1.54) is 13.5 Å². The molecule has 1 saturated heterocycles. The Bertz CT molecular complexity index is 596. The summed E-state index contributed by atoms with van der Waals surface area (Å²) in [5, 5.41) is 0. The molecular weight excluding hydrogens is 378 g/mol. The molecule has 27 heavy (non-hydrogen) atoms. The summed E-state index contributed by atoms with van der Waals surface area (Å²) < 4.78 is 56.2. The highest BCUT2D eigenvalue weighted by Crippen LogP contribution is 2.31. The van der Waals surface area contributed by atoms with Crippen LogP contribution in [0.4, 0.5) is 17.6 Å². The van der Waals surface area contributed by atoms with Crippen molar-refractivity contribution in [1.82, 2.24) is 4.90 Å². The van der Waals surface area contributed by atoms with Crippen LogP contribution in [0.5, 0.6) is 0 Å². The van der Waals surface area contributed by atoms with Gasteiger partial charge in [0.1, 0.15) is 11.6 Å².